The molecule has 2 saturated heterocycles. The summed E-state index contributed by atoms with van der Waals surface area (Å²) in [6, 6.07) is 2.25. The summed E-state index contributed by atoms with van der Waals surface area (Å²) in [5.74, 6) is 0.146. The summed E-state index contributed by atoms with van der Waals surface area (Å²) in [6.45, 7) is 2.18. The first-order chi connectivity index (χ1) is 9.41. The van der Waals surface area contributed by atoms with E-state index < -0.39 is 10.0 Å². The normalized spacial score (nSPS) is 23.5. The Morgan fingerprint density at radius 1 is 1.10 bits per heavy atom. The van der Waals surface area contributed by atoms with Crippen molar-refractivity contribution in [2.75, 3.05) is 32.4 Å². The van der Waals surface area contributed by atoms with Gasteiger partial charge in [0.15, 0.2) is 0 Å². The molecule has 0 N–H and O–H groups in total. The highest BCUT2D eigenvalue weighted by molar-refractivity contribution is 7.88. The van der Waals surface area contributed by atoms with Crippen molar-refractivity contribution in [3.05, 3.63) is 0 Å². The topological polar surface area (TPSA) is 81.5 Å². The summed E-state index contributed by atoms with van der Waals surface area (Å²) >= 11 is 0. The fourth-order valence-electron chi connectivity index (χ4n) is 2.92. The van der Waals surface area contributed by atoms with Gasteiger partial charge in [-0.3, -0.25) is 4.79 Å². The van der Waals surface area contributed by atoms with Gasteiger partial charge < -0.3 is 4.90 Å². The molecule has 2 aliphatic heterocycles. The first kappa shape index (κ1) is 15.3. The van der Waals surface area contributed by atoms with Gasteiger partial charge in [-0.1, -0.05) is 0 Å². The van der Waals surface area contributed by atoms with Crippen molar-refractivity contribution >= 4 is 15.9 Å². The molecule has 0 aromatic rings. The minimum absolute atomic E-state index is 0.0633. The molecule has 0 aliphatic carbocycles. The zero-order valence-corrected chi connectivity index (χ0v) is 12.6. The Balaban J connectivity index is 1.85. The standard InChI is InChI=1S/C13H21N3O3S/c1-20(18,19)16-8-4-12(5-9-16)13(17)15-6-2-11(10-14)3-7-15/h11-12H,2-9H2,1H3. The zero-order valence-electron chi connectivity index (χ0n) is 11.8. The van der Waals surface area contributed by atoms with Crippen molar-refractivity contribution in [3.63, 3.8) is 0 Å². The smallest absolute Gasteiger partial charge is 0.225 e. The molecule has 0 spiro atoms. The molecule has 1 amide bonds. The van der Waals surface area contributed by atoms with E-state index in [2.05, 4.69) is 6.07 Å². The average Bonchev–Trinajstić information content (AvgIpc) is 2.46. The summed E-state index contributed by atoms with van der Waals surface area (Å²) in [6.07, 6.45) is 3.92. The van der Waals surface area contributed by atoms with Crippen molar-refractivity contribution in [1.29, 1.82) is 5.26 Å². The van der Waals surface area contributed by atoms with Crippen LogP contribution in [0, 0.1) is 23.2 Å². The molecule has 0 atom stereocenters. The second-order valence-corrected chi connectivity index (χ2v) is 7.65. The molecule has 112 valence electrons. The van der Waals surface area contributed by atoms with Gasteiger partial charge in [-0.05, 0) is 25.7 Å². The Morgan fingerprint density at radius 2 is 1.65 bits per heavy atom. The number of carbonyl (C=O) groups is 1. The van der Waals surface area contributed by atoms with Gasteiger partial charge in [-0.25, -0.2) is 12.7 Å². The van der Waals surface area contributed by atoms with E-state index in [4.69, 9.17) is 5.26 Å². The highest BCUT2D eigenvalue weighted by Crippen LogP contribution is 2.24. The lowest BCUT2D eigenvalue weighted by Crippen LogP contribution is -2.46. The van der Waals surface area contributed by atoms with E-state index in [1.54, 1.807) is 0 Å². The largest absolute Gasteiger partial charge is 0.342 e. The van der Waals surface area contributed by atoms with E-state index in [0.29, 0.717) is 39.0 Å². The molecule has 0 bridgehead atoms. The predicted octanol–water partition coefficient (Wildman–Crippen LogP) is 0.420. The van der Waals surface area contributed by atoms with Crippen LogP contribution in [0.25, 0.3) is 0 Å². The van der Waals surface area contributed by atoms with E-state index in [-0.39, 0.29) is 17.7 Å². The van der Waals surface area contributed by atoms with Gasteiger partial charge in [-0.2, -0.15) is 5.26 Å². The quantitative estimate of drug-likeness (QED) is 0.740. The Bertz CT molecular complexity index is 495. The van der Waals surface area contributed by atoms with E-state index in [9.17, 15) is 13.2 Å². The fraction of sp³-hybridized carbons (Fsp3) is 0.846. The number of amides is 1. The van der Waals surface area contributed by atoms with Gasteiger partial charge >= 0.3 is 0 Å². The van der Waals surface area contributed by atoms with E-state index in [1.165, 1.54) is 10.6 Å². The van der Waals surface area contributed by atoms with Crippen molar-refractivity contribution in [3.8, 4) is 6.07 Å². The third-order valence-electron chi connectivity index (χ3n) is 4.26. The lowest BCUT2D eigenvalue weighted by molar-refractivity contribution is -0.137. The van der Waals surface area contributed by atoms with Crippen LogP contribution >= 0.6 is 0 Å². The molecule has 2 aliphatic rings. The number of carbonyl (C=O) groups excluding carboxylic acids is 1. The number of nitriles is 1. The number of sulfonamides is 1. The molecule has 0 saturated carbocycles. The highest BCUT2D eigenvalue weighted by atomic mass is 32.2. The SMILES string of the molecule is CS(=O)(=O)N1CCC(C(=O)N2CCC(C#N)CC2)CC1. The molecule has 0 unspecified atom stereocenters. The molecular formula is C13H21N3O3S. The minimum Gasteiger partial charge on any atom is -0.342 e. The second kappa shape index (κ2) is 6.10. The average molecular weight is 299 g/mol. The first-order valence-corrected chi connectivity index (χ1v) is 8.90. The molecule has 0 radical (unpaired) electrons. The monoisotopic (exact) mass is 299 g/mol. The zero-order chi connectivity index (χ0) is 14.8. The van der Waals surface area contributed by atoms with Crippen molar-refractivity contribution in [1.82, 2.24) is 9.21 Å². The van der Waals surface area contributed by atoms with Crippen LogP contribution in [0.5, 0.6) is 0 Å². The first-order valence-electron chi connectivity index (χ1n) is 7.05. The van der Waals surface area contributed by atoms with Crippen molar-refractivity contribution in [2.45, 2.75) is 25.7 Å². The van der Waals surface area contributed by atoms with Crippen LogP contribution in [-0.2, 0) is 14.8 Å². The van der Waals surface area contributed by atoms with Gasteiger partial charge in [0.25, 0.3) is 0 Å². The summed E-state index contributed by atoms with van der Waals surface area (Å²) < 4.78 is 24.3. The molecule has 0 aromatic carbocycles. The van der Waals surface area contributed by atoms with Crippen LogP contribution in [0.15, 0.2) is 0 Å². The summed E-state index contributed by atoms with van der Waals surface area (Å²) in [4.78, 5) is 14.2. The summed E-state index contributed by atoms with van der Waals surface area (Å²) in [5.41, 5.74) is 0. The fourth-order valence-corrected chi connectivity index (χ4v) is 3.80. The minimum atomic E-state index is -3.14. The molecule has 0 aromatic heterocycles. The molecule has 20 heavy (non-hydrogen) atoms. The van der Waals surface area contributed by atoms with Gasteiger partial charge in [0.1, 0.15) is 0 Å². The molecule has 6 nitrogen and oxygen atoms in total. The molecule has 7 heteroatoms. The Labute approximate surface area is 120 Å². The lowest BCUT2D eigenvalue weighted by Gasteiger charge is -2.35. The maximum atomic E-state index is 12.4. The third-order valence-corrected chi connectivity index (χ3v) is 5.56. The van der Waals surface area contributed by atoms with Crippen LogP contribution in [0.2, 0.25) is 0 Å². The van der Waals surface area contributed by atoms with Crippen LogP contribution in [0.4, 0.5) is 0 Å². The maximum absolute atomic E-state index is 12.4. The predicted molar refractivity (Wildman–Crippen MR) is 74.1 cm³/mol. The van der Waals surface area contributed by atoms with Crippen LogP contribution in [0.3, 0.4) is 0 Å². The highest BCUT2D eigenvalue weighted by Gasteiger charge is 2.32. The number of rotatable bonds is 2. The number of likely N-dealkylation sites (tertiary alicyclic amines) is 1. The van der Waals surface area contributed by atoms with Gasteiger partial charge in [0.2, 0.25) is 15.9 Å². The Hall–Kier alpha value is -1.13. The van der Waals surface area contributed by atoms with Crippen molar-refractivity contribution < 1.29 is 13.2 Å². The van der Waals surface area contributed by atoms with Crippen LogP contribution in [0.1, 0.15) is 25.7 Å². The van der Waals surface area contributed by atoms with Gasteiger partial charge in [0.05, 0.1) is 12.3 Å². The Kier molecular flexibility index (Phi) is 4.66. The van der Waals surface area contributed by atoms with Crippen LogP contribution < -0.4 is 0 Å². The number of hydrogen-bond acceptors (Lipinski definition) is 4. The molecular weight excluding hydrogens is 278 g/mol. The van der Waals surface area contributed by atoms with Crippen molar-refractivity contribution in [2.24, 2.45) is 11.8 Å². The van der Waals surface area contributed by atoms with Crippen LogP contribution in [-0.4, -0.2) is 56.0 Å². The molecule has 2 fully saturated rings. The van der Waals surface area contributed by atoms with Gasteiger partial charge in [-0.15, -0.1) is 0 Å². The summed E-state index contributed by atoms with van der Waals surface area (Å²) in [7, 11) is -3.14. The van der Waals surface area contributed by atoms with E-state index in [1.807, 2.05) is 4.90 Å². The number of piperidine rings is 2. The summed E-state index contributed by atoms with van der Waals surface area (Å²) in [5, 5.41) is 8.85. The number of hydrogen-bond donors (Lipinski definition) is 0. The van der Waals surface area contributed by atoms with Gasteiger partial charge in [0, 0.05) is 38.0 Å². The maximum Gasteiger partial charge on any atom is 0.225 e. The van der Waals surface area contributed by atoms with E-state index >= 15 is 0 Å². The second-order valence-electron chi connectivity index (χ2n) is 5.66. The molecule has 2 rings (SSSR count). The van der Waals surface area contributed by atoms with E-state index in [0.717, 1.165) is 12.8 Å². The Morgan fingerprint density at radius 3 is 2.10 bits per heavy atom. The third kappa shape index (κ3) is 3.49. The molecule has 2 heterocycles. The lowest BCUT2D eigenvalue weighted by atomic mass is 9.93. The number of nitrogens with zero attached hydrogens (tertiary/aromatic N) is 3.